The van der Waals surface area contributed by atoms with Crippen LogP contribution in [0.2, 0.25) is 0 Å². The average Bonchev–Trinajstić information content (AvgIpc) is 2.97. The molecule has 1 unspecified atom stereocenters. The van der Waals surface area contributed by atoms with Crippen LogP contribution in [-0.2, 0) is 11.3 Å². The fourth-order valence-corrected chi connectivity index (χ4v) is 2.96. The molecule has 1 aliphatic rings. The predicted molar refractivity (Wildman–Crippen MR) is 66.7 cm³/mol. The summed E-state index contributed by atoms with van der Waals surface area (Å²) < 4.78 is 5.32. The van der Waals surface area contributed by atoms with E-state index in [-0.39, 0.29) is 5.91 Å². The number of nitrogen functional groups attached to an aromatic ring is 1. The quantitative estimate of drug-likeness (QED) is 0.469. The number of nitrogens with zero attached hydrogens (tertiary/aromatic N) is 1. The van der Waals surface area contributed by atoms with Gasteiger partial charge in [0.1, 0.15) is 0 Å². The Morgan fingerprint density at radius 2 is 2.53 bits per heavy atom. The monoisotopic (exact) mass is 255 g/mol. The number of nitrogens with one attached hydrogen (secondary N) is 1. The molecule has 17 heavy (non-hydrogen) atoms. The van der Waals surface area contributed by atoms with Gasteiger partial charge in [-0.2, -0.15) is 0 Å². The molecular formula is C11H17N3O2S. The summed E-state index contributed by atoms with van der Waals surface area (Å²) in [6, 6.07) is 3.79. The first kappa shape index (κ1) is 12.5. The molecule has 0 spiro atoms. The number of thiophene rings is 1. The van der Waals surface area contributed by atoms with E-state index in [0.29, 0.717) is 11.0 Å². The summed E-state index contributed by atoms with van der Waals surface area (Å²) in [6.07, 6.45) is 1.43. The van der Waals surface area contributed by atoms with Crippen molar-refractivity contribution >= 4 is 17.2 Å². The Hall–Kier alpha value is -0.950. The molecule has 0 saturated carbocycles. The number of likely N-dealkylation sites (tertiary alicyclic amines) is 1. The highest BCUT2D eigenvalue weighted by Crippen LogP contribution is 2.21. The first-order valence-corrected chi connectivity index (χ1v) is 6.39. The second-order valence-corrected chi connectivity index (χ2v) is 5.29. The Bertz CT molecular complexity index is 394. The molecule has 1 atom stereocenters. The van der Waals surface area contributed by atoms with Crippen molar-refractivity contribution in [2.45, 2.75) is 19.1 Å². The van der Waals surface area contributed by atoms with Gasteiger partial charge in [0.05, 0.1) is 11.0 Å². The number of amides is 1. The lowest BCUT2D eigenvalue weighted by Gasteiger charge is -2.13. The van der Waals surface area contributed by atoms with Crippen LogP contribution < -0.4 is 11.3 Å². The summed E-state index contributed by atoms with van der Waals surface area (Å²) in [4.78, 5) is 15.5. The number of nitrogens with two attached hydrogens (primary N) is 1. The number of hydrazine groups is 1. The van der Waals surface area contributed by atoms with E-state index in [9.17, 15) is 4.79 Å². The minimum Gasteiger partial charge on any atom is -0.380 e. The molecule has 1 aromatic rings. The number of methoxy groups -OCH3 is 1. The largest absolute Gasteiger partial charge is 0.380 e. The van der Waals surface area contributed by atoms with Gasteiger partial charge < -0.3 is 4.74 Å². The van der Waals surface area contributed by atoms with E-state index in [1.54, 1.807) is 7.11 Å². The highest BCUT2D eigenvalue weighted by molar-refractivity contribution is 7.14. The zero-order valence-electron chi connectivity index (χ0n) is 9.81. The number of rotatable bonds is 4. The van der Waals surface area contributed by atoms with E-state index in [1.807, 2.05) is 12.1 Å². The highest BCUT2D eigenvalue weighted by Gasteiger charge is 2.22. The number of ether oxygens (including phenoxy) is 1. The van der Waals surface area contributed by atoms with E-state index >= 15 is 0 Å². The van der Waals surface area contributed by atoms with E-state index in [2.05, 4.69) is 10.3 Å². The van der Waals surface area contributed by atoms with Crippen LogP contribution in [0.25, 0.3) is 0 Å². The van der Waals surface area contributed by atoms with Crippen LogP contribution in [0.3, 0.4) is 0 Å². The summed E-state index contributed by atoms with van der Waals surface area (Å²) in [5.74, 6) is 4.87. The van der Waals surface area contributed by atoms with Crippen molar-refractivity contribution in [2.75, 3.05) is 20.2 Å². The molecule has 0 aliphatic carbocycles. The van der Waals surface area contributed by atoms with Crippen molar-refractivity contribution < 1.29 is 9.53 Å². The summed E-state index contributed by atoms with van der Waals surface area (Å²) in [7, 11) is 1.75. The smallest absolute Gasteiger partial charge is 0.275 e. The molecule has 1 amide bonds. The lowest BCUT2D eigenvalue weighted by molar-refractivity contribution is 0.0957. The first-order valence-electron chi connectivity index (χ1n) is 5.57. The molecular weight excluding hydrogens is 238 g/mol. The third-order valence-corrected chi connectivity index (χ3v) is 4.03. The molecule has 6 heteroatoms. The van der Waals surface area contributed by atoms with Crippen molar-refractivity contribution in [1.82, 2.24) is 10.3 Å². The number of carbonyl (C=O) groups is 1. The van der Waals surface area contributed by atoms with Crippen molar-refractivity contribution in [3.05, 3.63) is 21.9 Å². The van der Waals surface area contributed by atoms with Crippen LogP contribution in [0.4, 0.5) is 0 Å². The second-order valence-electron chi connectivity index (χ2n) is 4.12. The van der Waals surface area contributed by atoms with Crippen LogP contribution in [-0.4, -0.2) is 37.1 Å². The molecule has 0 radical (unpaired) electrons. The fraction of sp³-hybridized carbons (Fsp3) is 0.545. The van der Waals surface area contributed by atoms with E-state index < -0.39 is 0 Å². The van der Waals surface area contributed by atoms with Crippen molar-refractivity contribution in [3.8, 4) is 0 Å². The maximum atomic E-state index is 11.3. The SMILES string of the molecule is COC1CCN(Cc2ccc(C(=O)NN)s2)C1. The van der Waals surface area contributed by atoms with Gasteiger partial charge in [-0.1, -0.05) is 0 Å². The highest BCUT2D eigenvalue weighted by atomic mass is 32.1. The fourth-order valence-electron chi connectivity index (χ4n) is 2.01. The van der Waals surface area contributed by atoms with E-state index in [4.69, 9.17) is 10.6 Å². The van der Waals surface area contributed by atoms with Crippen molar-refractivity contribution in [3.63, 3.8) is 0 Å². The van der Waals surface area contributed by atoms with Gasteiger partial charge in [0.15, 0.2) is 0 Å². The van der Waals surface area contributed by atoms with E-state index in [1.165, 1.54) is 16.2 Å². The molecule has 2 heterocycles. The Balaban J connectivity index is 1.91. The van der Waals surface area contributed by atoms with Gasteiger partial charge in [-0.15, -0.1) is 11.3 Å². The number of hydrogen-bond acceptors (Lipinski definition) is 5. The van der Waals surface area contributed by atoms with Gasteiger partial charge in [0.2, 0.25) is 0 Å². The average molecular weight is 255 g/mol. The molecule has 0 bridgehead atoms. The molecule has 5 nitrogen and oxygen atoms in total. The number of hydrogen-bond donors (Lipinski definition) is 2. The van der Waals surface area contributed by atoms with Gasteiger partial charge in [-0.25, -0.2) is 5.84 Å². The van der Waals surface area contributed by atoms with Crippen molar-refractivity contribution in [2.24, 2.45) is 5.84 Å². The summed E-state index contributed by atoms with van der Waals surface area (Å²) in [6.45, 7) is 2.89. The molecule has 1 aromatic heterocycles. The lowest BCUT2D eigenvalue weighted by Crippen LogP contribution is -2.29. The standard InChI is InChI=1S/C11H17N3O2S/c1-16-8-4-5-14(6-8)7-9-2-3-10(17-9)11(15)13-12/h2-3,8H,4-7,12H2,1H3,(H,13,15). The molecule has 94 valence electrons. The first-order chi connectivity index (χ1) is 8.22. The minimum absolute atomic E-state index is 0.225. The molecule has 2 rings (SSSR count). The Kier molecular flexibility index (Phi) is 4.11. The summed E-state index contributed by atoms with van der Waals surface area (Å²) >= 11 is 1.49. The predicted octanol–water partition coefficient (Wildman–Crippen LogP) is 0.572. The topological polar surface area (TPSA) is 67.6 Å². The molecule has 3 N–H and O–H groups in total. The van der Waals surface area contributed by atoms with Gasteiger partial charge in [-0.3, -0.25) is 15.1 Å². The molecule has 1 fully saturated rings. The maximum Gasteiger partial charge on any atom is 0.275 e. The second kappa shape index (κ2) is 5.59. The van der Waals surface area contributed by atoms with Crippen molar-refractivity contribution in [1.29, 1.82) is 0 Å². The minimum atomic E-state index is -0.225. The van der Waals surface area contributed by atoms with E-state index in [0.717, 1.165) is 26.1 Å². The normalized spacial score (nSPS) is 20.7. The Labute approximate surface area is 105 Å². The van der Waals surface area contributed by atoms with Crippen LogP contribution >= 0.6 is 11.3 Å². The Morgan fingerprint density at radius 3 is 3.18 bits per heavy atom. The van der Waals surface area contributed by atoms with Gasteiger partial charge in [0, 0.05) is 31.6 Å². The van der Waals surface area contributed by atoms with Gasteiger partial charge >= 0.3 is 0 Å². The zero-order valence-corrected chi connectivity index (χ0v) is 10.6. The van der Waals surface area contributed by atoms with Crippen LogP contribution in [0.15, 0.2) is 12.1 Å². The Morgan fingerprint density at radius 1 is 1.71 bits per heavy atom. The lowest BCUT2D eigenvalue weighted by atomic mass is 10.3. The van der Waals surface area contributed by atoms with Gasteiger partial charge in [0.25, 0.3) is 5.91 Å². The molecule has 0 aromatic carbocycles. The molecule has 1 aliphatic heterocycles. The third kappa shape index (κ3) is 3.04. The maximum absolute atomic E-state index is 11.3. The third-order valence-electron chi connectivity index (χ3n) is 2.96. The summed E-state index contributed by atoms with van der Waals surface area (Å²) in [5, 5.41) is 0. The molecule has 1 saturated heterocycles. The summed E-state index contributed by atoms with van der Waals surface area (Å²) in [5.41, 5.74) is 2.14. The van der Waals surface area contributed by atoms with Crippen LogP contribution in [0, 0.1) is 0 Å². The number of carbonyl (C=O) groups excluding carboxylic acids is 1. The van der Waals surface area contributed by atoms with Gasteiger partial charge in [-0.05, 0) is 18.6 Å². The van der Waals surface area contributed by atoms with Crippen LogP contribution in [0.5, 0.6) is 0 Å². The van der Waals surface area contributed by atoms with Crippen LogP contribution in [0.1, 0.15) is 21.0 Å². The zero-order chi connectivity index (χ0) is 12.3.